The Balaban J connectivity index is 1.76. The van der Waals surface area contributed by atoms with Gasteiger partial charge in [-0.1, -0.05) is 5.16 Å². The van der Waals surface area contributed by atoms with Crippen molar-refractivity contribution in [1.29, 1.82) is 0 Å². The summed E-state index contributed by atoms with van der Waals surface area (Å²) < 4.78 is 19.9. The summed E-state index contributed by atoms with van der Waals surface area (Å²) in [6.07, 6.45) is 1.79. The molecular formula is C21H24FN3O2. The third kappa shape index (κ3) is 4.27. The average Bonchev–Trinajstić information content (AvgIpc) is 3.18. The molecule has 1 aliphatic rings. The summed E-state index contributed by atoms with van der Waals surface area (Å²) in [5.41, 5.74) is 3.76. The van der Waals surface area contributed by atoms with Crippen LogP contribution in [0.25, 0.3) is 0 Å². The molecule has 0 radical (unpaired) electrons. The fourth-order valence-electron chi connectivity index (χ4n) is 2.82. The number of aryl methyl sites for hydroxylation is 1. The van der Waals surface area contributed by atoms with E-state index in [2.05, 4.69) is 10.1 Å². The van der Waals surface area contributed by atoms with Gasteiger partial charge in [0.25, 0.3) is 0 Å². The summed E-state index contributed by atoms with van der Waals surface area (Å²) in [6.45, 7) is 4.78. The van der Waals surface area contributed by atoms with Crippen LogP contribution in [0.15, 0.2) is 46.5 Å². The average molecular weight is 369 g/mol. The quantitative estimate of drug-likeness (QED) is 0.551. The maximum Gasteiger partial charge on any atom is 0.161 e. The Morgan fingerprint density at radius 1 is 1.33 bits per heavy atom. The molecule has 0 fully saturated rings. The Kier molecular flexibility index (Phi) is 5.74. The fraction of sp³-hybridized carbons (Fsp3) is 0.333. The van der Waals surface area contributed by atoms with Gasteiger partial charge < -0.3 is 14.5 Å². The fourth-order valence-corrected chi connectivity index (χ4v) is 2.82. The lowest BCUT2D eigenvalue weighted by Gasteiger charge is -2.13. The highest BCUT2D eigenvalue weighted by molar-refractivity contribution is 6.01. The lowest BCUT2D eigenvalue weighted by atomic mass is 9.98. The van der Waals surface area contributed by atoms with E-state index in [1.807, 2.05) is 50.1 Å². The van der Waals surface area contributed by atoms with Gasteiger partial charge in [0.05, 0.1) is 24.8 Å². The van der Waals surface area contributed by atoms with E-state index in [1.165, 1.54) is 6.07 Å². The lowest BCUT2D eigenvalue weighted by molar-refractivity contribution is 0.0829. The standard InChI is InChI=1S/C21H24FN3O2/c1-5-25(3)13-23-19-11-18(22)17(10-14(19)2)21-12-20(24-27-21)15-6-8-16(26-4)9-7-15/h6-11,13,21H,5,12H2,1-4H3/b23-13+. The van der Waals surface area contributed by atoms with Crippen LogP contribution in [-0.2, 0) is 4.84 Å². The molecule has 1 atom stereocenters. The van der Waals surface area contributed by atoms with E-state index < -0.39 is 6.10 Å². The van der Waals surface area contributed by atoms with Gasteiger partial charge in [-0.05, 0) is 55.3 Å². The van der Waals surface area contributed by atoms with E-state index >= 15 is 0 Å². The summed E-state index contributed by atoms with van der Waals surface area (Å²) in [5, 5.41) is 4.16. The van der Waals surface area contributed by atoms with Crippen LogP contribution in [0.2, 0.25) is 0 Å². The minimum Gasteiger partial charge on any atom is -0.497 e. The molecule has 0 aromatic heterocycles. The van der Waals surface area contributed by atoms with Crippen LogP contribution in [0.3, 0.4) is 0 Å². The molecule has 1 aliphatic heterocycles. The van der Waals surface area contributed by atoms with E-state index in [0.29, 0.717) is 17.7 Å². The zero-order valence-corrected chi connectivity index (χ0v) is 16.1. The van der Waals surface area contributed by atoms with Crippen molar-refractivity contribution in [3.05, 3.63) is 58.9 Å². The van der Waals surface area contributed by atoms with Crippen LogP contribution >= 0.6 is 0 Å². The predicted molar refractivity (Wildman–Crippen MR) is 106 cm³/mol. The van der Waals surface area contributed by atoms with Crippen molar-refractivity contribution in [2.45, 2.75) is 26.4 Å². The highest BCUT2D eigenvalue weighted by atomic mass is 19.1. The highest BCUT2D eigenvalue weighted by Crippen LogP contribution is 2.34. The highest BCUT2D eigenvalue weighted by Gasteiger charge is 2.27. The smallest absolute Gasteiger partial charge is 0.161 e. The van der Waals surface area contributed by atoms with Crippen molar-refractivity contribution < 1.29 is 14.0 Å². The Morgan fingerprint density at radius 3 is 2.74 bits per heavy atom. The van der Waals surface area contributed by atoms with Crippen molar-refractivity contribution in [3.8, 4) is 5.75 Å². The number of halogens is 1. The molecular weight excluding hydrogens is 345 g/mol. The second-order valence-corrected chi connectivity index (χ2v) is 6.54. The van der Waals surface area contributed by atoms with Gasteiger partial charge in [0.1, 0.15) is 11.6 Å². The van der Waals surface area contributed by atoms with Gasteiger partial charge in [0, 0.05) is 31.6 Å². The zero-order chi connectivity index (χ0) is 19.4. The van der Waals surface area contributed by atoms with Crippen molar-refractivity contribution in [1.82, 2.24) is 4.90 Å². The molecule has 0 N–H and O–H groups in total. The zero-order valence-electron chi connectivity index (χ0n) is 16.1. The van der Waals surface area contributed by atoms with E-state index in [1.54, 1.807) is 19.5 Å². The van der Waals surface area contributed by atoms with Crippen LogP contribution in [0.1, 0.15) is 36.1 Å². The van der Waals surface area contributed by atoms with Crippen LogP contribution < -0.4 is 4.74 Å². The number of oxime groups is 1. The number of hydrogen-bond donors (Lipinski definition) is 0. The molecule has 6 heteroatoms. The first-order chi connectivity index (χ1) is 13.0. The molecule has 1 heterocycles. The minimum atomic E-state index is -0.433. The van der Waals surface area contributed by atoms with Crippen molar-refractivity contribution in [2.24, 2.45) is 10.1 Å². The largest absolute Gasteiger partial charge is 0.497 e. The number of methoxy groups -OCH3 is 1. The number of benzene rings is 2. The van der Waals surface area contributed by atoms with Gasteiger partial charge in [-0.15, -0.1) is 0 Å². The number of ether oxygens (including phenoxy) is 1. The van der Waals surface area contributed by atoms with E-state index in [9.17, 15) is 4.39 Å². The third-order valence-electron chi connectivity index (χ3n) is 4.65. The van der Waals surface area contributed by atoms with Crippen molar-refractivity contribution >= 4 is 17.7 Å². The molecule has 5 nitrogen and oxygen atoms in total. The second-order valence-electron chi connectivity index (χ2n) is 6.54. The van der Waals surface area contributed by atoms with Gasteiger partial charge in [0.15, 0.2) is 6.10 Å². The number of aliphatic imine (C=N–C) groups is 1. The van der Waals surface area contributed by atoms with Crippen molar-refractivity contribution in [3.63, 3.8) is 0 Å². The molecule has 0 saturated heterocycles. The molecule has 2 aromatic rings. The number of nitrogens with zero attached hydrogens (tertiary/aromatic N) is 3. The molecule has 0 bridgehead atoms. The predicted octanol–water partition coefficient (Wildman–Crippen LogP) is 4.62. The third-order valence-corrected chi connectivity index (χ3v) is 4.65. The first-order valence-electron chi connectivity index (χ1n) is 8.93. The monoisotopic (exact) mass is 369 g/mol. The van der Waals surface area contributed by atoms with Gasteiger partial charge in [-0.3, -0.25) is 0 Å². The van der Waals surface area contributed by atoms with Gasteiger partial charge in [-0.2, -0.15) is 0 Å². The summed E-state index contributed by atoms with van der Waals surface area (Å²) in [5.74, 6) is 0.449. The van der Waals surface area contributed by atoms with Gasteiger partial charge >= 0.3 is 0 Å². The van der Waals surface area contributed by atoms with Gasteiger partial charge in [0.2, 0.25) is 0 Å². The number of rotatable bonds is 6. The Bertz CT molecular complexity index is 862. The first-order valence-corrected chi connectivity index (χ1v) is 8.93. The Labute approximate surface area is 159 Å². The minimum absolute atomic E-state index is 0.330. The maximum absolute atomic E-state index is 14.7. The van der Waals surface area contributed by atoms with E-state index in [4.69, 9.17) is 9.57 Å². The molecule has 27 heavy (non-hydrogen) atoms. The second kappa shape index (κ2) is 8.20. The normalized spacial score (nSPS) is 16.3. The Hall–Kier alpha value is -2.89. The SMILES string of the molecule is CCN(C)/C=N/c1cc(F)c(C2CC(c3ccc(OC)cc3)=NO2)cc1C. The molecule has 3 rings (SSSR count). The summed E-state index contributed by atoms with van der Waals surface area (Å²) in [7, 11) is 3.55. The Morgan fingerprint density at radius 2 is 2.07 bits per heavy atom. The van der Waals surface area contributed by atoms with E-state index in [-0.39, 0.29) is 5.82 Å². The van der Waals surface area contributed by atoms with Crippen molar-refractivity contribution in [2.75, 3.05) is 20.7 Å². The van der Waals surface area contributed by atoms with Crippen LogP contribution in [0, 0.1) is 12.7 Å². The van der Waals surface area contributed by atoms with Crippen LogP contribution in [-0.4, -0.2) is 37.7 Å². The molecule has 0 amide bonds. The number of hydrogen-bond acceptors (Lipinski definition) is 4. The molecule has 0 aliphatic carbocycles. The molecule has 2 aromatic carbocycles. The summed E-state index contributed by atoms with van der Waals surface area (Å²) in [6, 6.07) is 10.8. The lowest BCUT2D eigenvalue weighted by Crippen LogP contribution is -2.14. The topological polar surface area (TPSA) is 46.4 Å². The molecule has 0 spiro atoms. The molecule has 142 valence electrons. The molecule has 1 unspecified atom stereocenters. The van der Waals surface area contributed by atoms with Crippen LogP contribution in [0.5, 0.6) is 5.75 Å². The van der Waals surface area contributed by atoms with Crippen LogP contribution in [0.4, 0.5) is 10.1 Å². The summed E-state index contributed by atoms with van der Waals surface area (Å²) >= 11 is 0. The molecule has 0 saturated carbocycles. The first kappa shape index (κ1) is 18.9. The maximum atomic E-state index is 14.7. The summed E-state index contributed by atoms with van der Waals surface area (Å²) in [4.78, 5) is 11.8. The van der Waals surface area contributed by atoms with Gasteiger partial charge in [-0.25, -0.2) is 9.38 Å². The van der Waals surface area contributed by atoms with E-state index in [0.717, 1.165) is 29.1 Å².